The van der Waals surface area contributed by atoms with E-state index >= 15 is 0 Å². The summed E-state index contributed by atoms with van der Waals surface area (Å²) in [6, 6.07) is 94.0. The van der Waals surface area contributed by atoms with Gasteiger partial charge in [0, 0.05) is 38.3 Å². The van der Waals surface area contributed by atoms with E-state index in [9.17, 15) is 0 Å². The van der Waals surface area contributed by atoms with E-state index in [0.29, 0.717) is 0 Å². The van der Waals surface area contributed by atoms with Gasteiger partial charge in [0.25, 0.3) is 0 Å². The van der Waals surface area contributed by atoms with Crippen LogP contribution in [0.2, 0.25) is 0 Å². The van der Waals surface area contributed by atoms with Crippen LogP contribution in [0.3, 0.4) is 0 Å². The van der Waals surface area contributed by atoms with Crippen LogP contribution in [0.1, 0.15) is 44.5 Å². The molecule has 2 aliphatic carbocycles. The quantitative estimate of drug-likeness (QED) is 0.134. The fraction of sp³-hybridized carbons (Fsp3) is 0.0411. The topological polar surface area (TPSA) is 9.86 Å². The van der Waals surface area contributed by atoms with Crippen molar-refractivity contribution in [2.24, 2.45) is 0 Å². The summed E-state index contributed by atoms with van der Waals surface area (Å²) in [5.74, 6) is 0. The number of aromatic nitrogens is 2. The van der Waals surface area contributed by atoms with E-state index in [1.165, 1.54) is 133 Å². The number of hydrogen-bond donors (Lipinski definition) is 0. The van der Waals surface area contributed by atoms with Gasteiger partial charge in [-0.2, -0.15) is 0 Å². The van der Waals surface area contributed by atoms with Crippen molar-refractivity contribution in [3.63, 3.8) is 0 Å². The fourth-order valence-corrected chi connectivity index (χ4v) is 12.7. The third-order valence-corrected chi connectivity index (χ3v) is 16.3. The predicted molar refractivity (Wildman–Crippen MR) is 317 cm³/mol. The average molecular weight is 955 g/mol. The molecule has 2 aromatic heterocycles. The van der Waals surface area contributed by atoms with Crippen molar-refractivity contribution in [2.45, 2.75) is 18.3 Å². The van der Waals surface area contributed by atoms with Crippen molar-refractivity contribution in [2.75, 3.05) is 0 Å². The number of hydrogen-bond acceptors (Lipinski definition) is 0. The summed E-state index contributed by atoms with van der Waals surface area (Å²) in [6.07, 6.45) is 11.1. The molecule has 0 saturated heterocycles. The van der Waals surface area contributed by atoms with Crippen LogP contribution in [0.4, 0.5) is 0 Å². The Labute approximate surface area is 437 Å². The maximum atomic E-state index is 2.48. The van der Waals surface area contributed by atoms with Crippen molar-refractivity contribution in [1.29, 1.82) is 0 Å². The summed E-state index contributed by atoms with van der Waals surface area (Å²) >= 11 is 0. The van der Waals surface area contributed by atoms with Crippen LogP contribution in [0.5, 0.6) is 0 Å². The second-order valence-corrected chi connectivity index (χ2v) is 20.6. The number of nitrogens with zero attached hydrogens (tertiary/aromatic N) is 2. The number of fused-ring (bicyclic) bond motifs is 12. The first-order chi connectivity index (χ1) is 37.1. The van der Waals surface area contributed by atoms with Crippen LogP contribution in [0.25, 0.3) is 113 Å². The van der Waals surface area contributed by atoms with E-state index in [0.717, 1.165) is 12.8 Å². The van der Waals surface area contributed by atoms with Gasteiger partial charge in [0.15, 0.2) is 0 Å². The zero-order valence-corrected chi connectivity index (χ0v) is 41.4. The largest absolute Gasteiger partial charge is 0.309 e. The van der Waals surface area contributed by atoms with Crippen molar-refractivity contribution in [1.82, 2.24) is 9.13 Å². The third kappa shape index (κ3) is 7.17. The van der Waals surface area contributed by atoms with Crippen molar-refractivity contribution >= 4 is 67.9 Å². The third-order valence-electron chi connectivity index (χ3n) is 16.3. The monoisotopic (exact) mass is 954 g/mol. The van der Waals surface area contributed by atoms with Gasteiger partial charge in [-0.1, -0.05) is 218 Å². The lowest BCUT2D eigenvalue weighted by Crippen LogP contribution is -2.26. The molecular formula is C73H50N2. The molecule has 0 radical (unpaired) electrons. The number of para-hydroxylation sites is 4. The van der Waals surface area contributed by atoms with Gasteiger partial charge < -0.3 is 9.13 Å². The smallest absolute Gasteiger partial charge is 0.0541 e. The molecule has 2 heterocycles. The van der Waals surface area contributed by atoms with Crippen molar-refractivity contribution < 1.29 is 0 Å². The summed E-state index contributed by atoms with van der Waals surface area (Å²) in [7, 11) is 0. The molecule has 2 nitrogen and oxygen atoms in total. The zero-order valence-electron chi connectivity index (χ0n) is 41.4. The van der Waals surface area contributed by atoms with Gasteiger partial charge in [-0.3, -0.25) is 0 Å². The van der Waals surface area contributed by atoms with Gasteiger partial charge in [0.05, 0.1) is 22.1 Å². The summed E-state index contributed by atoms with van der Waals surface area (Å²) in [6.45, 7) is 0. The van der Waals surface area contributed by atoms with E-state index in [1.54, 1.807) is 0 Å². The molecule has 11 aromatic carbocycles. The predicted octanol–water partition coefficient (Wildman–Crippen LogP) is 18.6. The zero-order chi connectivity index (χ0) is 49.5. The molecular weight excluding hydrogens is 905 g/mol. The normalized spacial score (nSPS) is 13.5. The minimum absolute atomic E-state index is 0.117. The Balaban J connectivity index is 0.698. The molecule has 0 atom stereocenters. The van der Waals surface area contributed by atoms with E-state index in [4.69, 9.17) is 0 Å². The molecule has 2 aliphatic rings. The van der Waals surface area contributed by atoms with Crippen LogP contribution in [0.15, 0.2) is 255 Å². The minimum Gasteiger partial charge on any atom is -0.309 e. The summed E-state index contributed by atoms with van der Waals surface area (Å²) in [5.41, 5.74) is 25.3. The SMILES string of the molecule is C(=C\c1ccc2c(c1)C1(Cc3ccccc3C1)c1cc(/C=C/c3ccc(-c4ccc5c(c4)c4ccccc4n5-c4ccccc4)cc3)ccc1-2)/c1ccc(-c2ccc3c(c2)c2ccccc2n3-c2ccccc2)cc1. The lowest BCUT2D eigenvalue weighted by Gasteiger charge is -2.27. The molecule has 0 N–H and O–H groups in total. The Morgan fingerprint density at radius 3 is 1.09 bits per heavy atom. The Morgan fingerprint density at radius 1 is 0.280 bits per heavy atom. The van der Waals surface area contributed by atoms with E-state index in [1.807, 2.05) is 0 Å². The van der Waals surface area contributed by atoms with Crippen LogP contribution in [0, 0.1) is 0 Å². The standard InChI is InChI=1S/C73H50N2/c1-3-15-59(16-4-1)74-69-21-11-9-19-63(69)65-45-55(37-41-71(65)74)53-33-27-49(28-34-53)23-25-51-31-39-61-62-40-32-52(44-68(62)73(67(61)43-51)47-57-13-7-8-14-58(57)48-73)26-24-50-29-35-54(36-30-50)56-38-42-72-66(46-56)64-20-10-12-22-70(64)75(72)60-17-5-2-6-18-60/h1-46H,47-48H2/b25-23+,26-24+. The average Bonchev–Trinajstić information content (AvgIpc) is 4.29. The molecule has 15 rings (SSSR count). The highest BCUT2D eigenvalue weighted by molar-refractivity contribution is 6.11. The molecule has 0 aliphatic heterocycles. The highest BCUT2D eigenvalue weighted by Crippen LogP contribution is 2.56. The van der Waals surface area contributed by atoms with Gasteiger partial charge >= 0.3 is 0 Å². The molecule has 2 heteroatoms. The minimum atomic E-state index is -0.117. The molecule has 0 fully saturated rings. The van der Waals surface area contributed by atoms with E-state index in [-0.39, 0.29) is 5.41 Å². The van der Waals surface area contributed by atoms with Gasteiger partial charge in [0.1, 0.15) is 0 Å². The molecule has 0 bridgehead atoms. The fourth-order valence-electron chi connectivity index (χ4n) is 12.7. The Kier molecular flexibility index (Phi) is 9.96. The van der Waals surface area contributed by atoms with Gasteiger partial charge in [-0.15, -0.1) is 0 Å². The first kappa shape index (κ1) is 43.1. The van der Waals surface area contributed by atoms with Crippen LogP contribution in [-0.4, -0.2) is 9.13 Å². The van der Waals surface area contributed by atoms with Crippen molar-refractivity contribution in [3.8, 4) is 44.8 Å². The molecule has 0 saturated carbocycles. The molecule has 13 aromatic rings. The summed E-state index contributed by atoms with van der Waals surface area (Å²) < 4.78 is 4.75. The van der Waals surface area contributed by atoms with Gasteiger partial charge in [-0.25, -0.2) is 0 Å². The summed E-state index contributed by atoms with van der Waals surface area (Å²) in [4.78, 5) is 0. The van der Waals surface area contributed by atoms with E-state index < -0.39 is 0 Å². The molecule has 75 heavy (non-hydrogen) atoms. The molecule has 352 valence electrons. The van der Waals surface area contributed by atoms with Crippen LogP contribution < -0.4 is 0 Å². The maximum Gasteiger partial charge on any atom is 0.0541 e. The van der Waals surface area contributed by atoms with Crippen molar-refractivity contribution in [3.05, 3.63) is 299 Å². The highest BCUT2D eigenvalue weighted by Gasteiger charge is 2.47. The van der Waals surface area contributed by atoms with Crippen LogP contribution >= 0.6 is 0 Å². The first-order valence-electron chi connectivity index (χ1n) is 26.2. The second-order valence-electron chi connectivity index (χ2n) is 20.6. The Hall–Kier alpha value is -9.50. The summed E-state index contributed by atoms with van der Waals surface area (Å²) in [5, 5.41) is 5.07. The number of benzene rings is 11. The molecule has 1 spiro atoms. The van der Waals surface area contributed by atoms with Gasteiger partial charge in [-0.05, 0) is 151 Å². The van der Waals surface area contributed by atoms with E-state index in [2.05, 4.69) is 288 Å². The molecule has 0 unspecified atom stereocenters. The Bertz CT molecular complexity index is 4140. The highest BCUT2D eigenvalue weighted by atomic mass is 15.0. The maximum absolute atomic E-state index is 2.48. The van der Waals surface area contributed by atoms with Gasteiger partial charge in [0.2, 0.25) is 0 Å². The Morgan fingerprint density at radius 2 is 0.640 bits per heavy atom. The first-order valence-corrected chi connectivity index (χ1v) is 26.2. The molecule has 0 amide bonds. The lowest BCUT2D eigenvalue weighted by molar-refractivity contribution is 0.563. The van der Waals surface area contributed by atoms with Crippen LogP contribution in [-0.2, 0) is 18.3 Å². The lowest BCUT2D eigenvalue weighted by atomic mass is 9.75. The second kappa shape index (κ2) is 17.3. The number of rotatable bonds is 8.